The molecule has 1 heterocycles. The zero-order valence-corrected chi connectivity index (χ0v) is 21.7. The van der Waals surface area contributed by atoms with Gasteiger partial charge >= 0.3 is 12.1 Å². The van der Waals surface area contributed by atoms with Gasteiger partial charge in [-0.3, -0.25) is 14.5 Å². The Morgan fingerprint density at radius 1 is 1.27 bits per heavy atom. The number of carbonyl (C=O) groups excluding carboxylic acids is 4. The molecule has 0 aromatic heterocycles. The number of carbonyl (C=O) groups is 4. The van der Waals surface area contributed by atoms with E-state index in [1.54, 1.807) is 12.2 Å². The lowest BCUT2D eigenvalue weighted by atomic mass is 9.89. The first-order valence-electron chi connectivity index (χ1n) is 12.7. The summed E-state index contributed by atoms with van der Waals surface area (Å²) in [4.78, 5) is 54.4. The SMILES string of the molecule is CNC(=O)NC1C=CC2=C(CC[C@]23CN(CC(=O)N(Cc2ccccc2Cl)[C@@H](C)C2CC2)C(=O)O3)C1=O. The molecular formula is C27H31ClN4O5. The van der Waals surface area contributed by atoms with Gasteiger partial charge in [0, 0.05) is 35.8 Å². The number of urea groups is 1. The van der Waals surface area contributed by atoms with Crippen LogP contribution < -0.4 is 10.6 Å². The first kappa shape index (κ1) is 25.3. The van der Waals surface area contributed by atoms with Gasteiger partial charge in [-0.1, -0.05) is 42.0 Å². The van der Waals surface area contributed by atoms with Crippen molar-refractivity contribution in [3.63, 3.8) is 0 Å². The Kier molecular flexibility index (Phi) is 6.74. The minimum Gasteiger partial charge on any atom is -0.436 e. The lowest BCUT2D eigenvalue weighted by molar-refractivity contribution is -0.135. The zero-order chi connectivity index (χ0) is 26.3. The summed E-state index contributed by atoms with van der Waals surface area (Å²) >= 11 is 6.38. The molecule has 5 rings (SSSR count). The second kappa shape index (κ2) is 9.85. The van der Waals surface area contributed by atoms with Gasteiger partial charge in [0.25, 0.3) is 0 Å². The average molecular weight is 527 g/mol. The number of nitrogens with zero attached hydrogens (tertiary/aromatic N) is 2. The van der Waals surface area contributed by atoms with Crippen LogP contribution in [0, 0.1) is 5.92 Å². The number of benzene rings is 1. The minimum atomic E-state index is -0.966. The third-order valence-corrected chi connectivity index (χ3v) is 8.24. The van der Waals surface area contributed by atoms with E-state index >= 15 is 0 Å². The standard InChI is InChI=1S/C27H31ClN4O5/c1-16(17-7-8-17)32(13-18-5-3-4-6-21(18)28)23(33)14-31-15-27(37-26(31)36)12-11-19-20(27)9-10-22(24(19)34)30-25(35)29-2/h3-6,9-10,16-17,22H,7-8,11-15H2,1-2H3,(H2,29,30,35)/t16-,22?,27-/m0/s1. The third-order valence-electron chi connectivity index (χ3n) is 7.87. The second-order valence-electron chi connectivity index (χ2n) is 10.2. The van der Waals surface area contributed by atoms with Gasteiger partial charge in [-0.25, -0.2) is 9.59 Å². The fourth-order valence-corrected chi connectivity index (χ4v) is 5.75. The van der Waals surface area contributed by atoms with E-state index in [0.717, 1.165) is 18.4 Å². The second-order valence-corrected chi connectivity index (χ2v) is 10.6. The van der Waals surface area contributed by atoms with Gasteiger partial charge in [0.2, 0.25) is 5.91 Å². The molecule has 3 atom stereocenters. The van der Waals surface area contributed by atoms with Crippen molar-refractivity contribution >= 4 is 35.4 Å². The lowest BCUT2D eigenvalue weighted by Crippen LogP contribution is -2.46. The quantitative estimate of drug-likeness (QED) is 0.567. The Balaban J connectivity index is 1.31. The lowest BCUT2D eigenvalue weighted by Gasteiger charge is -2.31. The normalized spacial score (nSPS) is 25.3. The topological polar surface area (TPSA) is 108 Å². The van der Waals surface area contributed by atoms with Crippen LogP contribution in [0.25, 0.3) is 0 Å². The molecule has 4 amide bonds. The number of hydrogen-bond acceptors (Lipinski definition) is 5. The zero-order valence-electron chi connectivity index (χ0n) is 21.0. The van der Waals surface area contributed by atoms with Gasteiger partial charge in [-0.2, -0.15) is 0 Å². The van der Waals surface area contributed by atoms with E-state index in [1.807, 2.05) is 36.1 Å². The van der Waals surface area contributed by atoms with E-state index in [2.05, 4.69) is 10.6 Å². The Morgan fingerprint density at radius 3 is 2.73 bits per heavy atom. The van der Waals surface area contributed by atoms with Crippen LogP contribution in [0.3, 0.4) is 0 Å². The Bertz CT molecular complexity index is 1210. The number of Topliss-reactive ketones (excluding diaryl/α,β-unsaturated/α-hetero) is 1. The summed E-state index contributed by atoms with van der Waals surface area (Å²) in [6.45, 7) is 2.50. The van der Waals surface area contributed by atoms with Gasteiger partial charge in [0.05, 0.1) is 6.54 Å². The van der Waals surface area contributed by atoms with Crippen molar-refractivity contribution in [2.45, 2.75) is 56.8 Å². The van der Waals surface area contributed by atoms with Crippen molar-refractivity contribution in [3.05, 3.63) is 58.1 Å². The van der Waals surface area contributed by atoms with E-state index < -0.39 is 23.8 Å². The van der Waals surface area contributed by atoms with Gasteiger partial charge < -0.3 is 20.3 Å². The van der Waals surface area contributed by atoms with Crippen LogP contribution in [0.2, 0.25) is 5.02 Å². The number of halogens is 1. The molecule has 1 aromatic rings. The molecule has 10 heteroatoms. The molecule has 37 heavy (non-hydrogen) atoms. The molecule has 1 saturated heterocycles. The van der Waals surface area contributed by atoms with Gasteiger partial charge in [-0.15, -0.1) is 0 Å². The van der Waals surface area contributed by atoms with E-state index in [0.29, 0.717) is 41.5 Å². The molecule has 0 radical (unpaired) electrons. The van der Waals surface area contributed by atoms with Crippen molar-refractivity contribution in [2.75, 3.05) is 20.1 Å². The Hall–Kier alpha value is -3.33. The van der Waals surface area contributed by atoms with Crippen molar-refractivity contribution in [1.29, 1.82) is 0 Å². The number of hydrogen-bond donors (Lipinski definition) is 2. The molecule has 1 unspecified atom stereocenters. The van der Waals surface area contributed by atoms with Crippen molar-refractivity contribution in [2.24, 2.45) is 5.92 Å². The molecule has 0 bridgehead atoms. The maximum Gasteiger partial charge on any atom is 0.411 e. The van der Waals surface area contributed by atoms with Crippen LogP contribution in [0.1, 0.15) is 38.2 Å². The van der Waals surface area contributed by atoms with E-state index in [4.69, 9.17) is 16.3 Å². The van der Waals surface area contributed by atoms with E-state index in [9.17, 15) is 19.2 Å². The maximum absolute atomic E-state index is 13.6. The molecule has 1 aliphatic heterocycles. The van der Waals surface area contributed by atoms with Gasteiger partial charge in [-0.05, 0) is 50.2 Å². The number of ether oxygens (including phenoxy) is 1. The summed E-state index contributed by atoms with van der Waals surface area (Å²) in [5.41, 5.74) is 1.12. The number of fused-ring (bicyclic) bond motifs is 1. The predicted molar refractivity (Wildman–Crippen MR) is 137 cm³/mol. The van der Waals surface area contributed by atoms with E-state index in [-0.39, 0.29) is 30.8 Å². The van der Waals surface area contributed by atoms with Crippen molar-refractivity contribution in [3.8, 4) is 0 Å². The Morgan fingerprint density at radius 2 is 2.03 bits per heavy atom. The summed E-state index contributed by atoms with van der Waals surface area (Å²) in [5.74, 6) is 0.0823. The number of amides is 4. The minimum absolute atomic E-state index is 0.0285. The van der Waals surface area contributed by atoms with Crippen LogP contribution in [-0.4, -0.2) is 71.4 Å². The summed E-state index contributed by atoms with van der Waals surface area (Å²) in [6, 6.07) is 6.29. The van der Waals surface area contributed by atoms with Crippen molar-refractivity contribution in [1.82, 2.24) is 20.4 Å². The fraction of sp³-hybridized carbons (Fsp3) is 0.481. The van der Waals surface area contributed by atoms with Crippen LogP contribution in [0.15, 0.2) is 47.6 Å². The monoisotopic (exact) mass is 526 g/mol. The molecular weight excluding hydrogens is 496 g/mol. The molecule has 1 aromatic carbocycles. The van der Waals surface area contributed by atoms with E-state index in [1.165, 1.54) is 11.9 Å². The third kappa shape index (κ3) is 4.84. The van der Waals surface area contributed by atoms with Crippen LogP contribution in [-0.2, 0) is 20.9 Å². The van der Waals surface area contributed by atoms with Crippen LogP contribution in [0.5, 0.6) is 0 Å². The Labute approximate surface area is 220 Å². The number of nitrogens with one attached hydrogen (secondary N) is 2. The highest BCUT2D eigenvalue weighted by Crippen LogP contribution is 2.45. The highest BCUT2D eigenvalue weighted by atomic mass is 35.5. The molecule has 2 fully saturated rings. The average Bonchev–Trinajstić information content (AvgIpc) is 3.61. The summed E-state index contributed by atoms with van der Waals surface area (Å²) in [6.07, 6.45) is 5.88. The summed E-state index contributed by atoms with van der Waals surface area (Å²) < 4.78 is 5.85. The van der Waals surface area contributed by atoms with Gasteiger partial charge in [0.15, 0.2) is 11.4 Å². The molecule has 1 saturated carbocycles. The smallest absolute Gasteiger partial charge is 0.411 e. The maximum atomic E-state index is 13.6. The number of rotatable bonds is 7. The first-order chi connectivity index (χ1) is 17.7. The highest BCUT2D eigenvalue weighted by molar-refractivity contribution is 6.31. The molecule has 4 aliphatic rings. The number of ketones is 1. The molecule has 1 spiro atoms. The molecule has 3 aliphatic carbocycles. The first-order valence-corrected chi connectivity index (χ1v) is 13.1. The van der Waals surface area contributed by atoms with Crippen LogP contribution >= 0.6 is 11.6 Å². The van der Waals surface area contributed by atoms with Gasteiger partial charge in [0.1, 0.15) is 12.6 Å². The predicted octanol–water partition coefficient (Wildman–Crippen LogP) is 3.19. The highest BCUT2D eigenvalue weighted by Gasteiger charge is 2.53. The summed E-state index contributed by atoms with van der Waals surface area (Å²) in [5, 5.41) is 5.66. The molecule has 196 valence electrons. The molecule has 2 N–H and O–H groups in total. The van der Waals surface area contributed by atoms with Crippen molar-refractivity contribution < 1.29 is 23.9 Å². The molecule has 9 nitrogen and oxygen atoms in total. The van der Waals surface area contributed by atoms with Crippen LogP contribution in [0.4, 0.5) is 9.59 Å². The fourth-order valence-electron chi connectivity index (χ4n) is 5.56. The summed E-state index contributed by atoms with van der Waals surface area (Å²) in [7, 11) is 1.48. The largest absolute Gasteiger partial charge is 0.436 e.